The molecular formula is C23H23N3O4S. The van der Waals surface area contributed by atoms with E-state index in [4.69, 9.17) is 9.47 Å². The maximum absolute atomic E-state index is 12.4. The van der Waals surface area contributed by atoms with Crippen molar-refractivity contribution in [3.8, 4) is 22.8 Å². The average molecular weight is 438 g/mol. The van der Waals surface area contributed by atoms with Gasteiger partial charge in [0.1, 0.15) is 13.2 Å². The fraction of sp³-hybridized carbons (Fsp3) is 0.261. The maximum atomic E-state index is 12.4. The van der Waals surface area contributed by atoms with E-state index in [0.29, 0.717) is 37.7 Å². The normalized spacial score (nSPS) is 12.3. The van der Waals surface area contributed by atoms with Crippen LogP contribution in [-0.2, 0) is 22.6 Å². The molecule has 1 aromatic heterocycles. The molecule has 0 bridgehead atoms. The third kappa shape index (κ3) is 5.61. The number of aryl methyl sites for hydroxylation is 1. The molecule has 31 heavy (non-hydrogen) atoms. The van der Waals surface area contributed by atoms with Gasteiger partial charge in [-0.3, -0.25) is 9.59 Å². The summed E-state index contributed by atoms with van der Waals surface area (Å²) in [5.41, 5.74) is 3.80. The fourth-order valence-electron chi connectivity index (χ4n) is 3.17. The van der Waals surface area contributed by atoms with Gasteiger partial charge < -0.3 is 20.1 Å². The number of ether oxygens (including phenoxy) is 2. The number of thiazole rings is 1. The first-order chi connectivity index (χ1) is 15.1. The third-order valence-electron chi connectivity index (χ3n) is 4.79. The van der Waals surface area contributed by atoms with Gasteiger partial charge in [0.15, 0.2) is 16.6 Å². The fourth-order valence-corrected chi connectivity index (χ4v) is 3.90. The van der Waals surface area contributed by atoms with Crippen LogP contribution in [0.3, 0.4) is 0 Å². The summed E-state index contributed by atoms with van der Waals surface area (Å²) >= 11 is 1.39. The van der Waals surface area contributed by atoms with E-state index < -0.39 is 0 Å². The molecule has 2 amide bonds. The number of nitrogens with one attached hydrogen (secondary N) is 2. The van der Waals surface area contributed by atoms with E-state index in [1.807, 2.05) is 47.8 Å². The zero-order valence-electron chi connectivity index (χ0n) is 17.1. The van der Waals surface area contributed by atoms with Gasteiger partial charge in [0, 0.05) is 30.8 Å². The lowest BCUT2D eigenvalue weighted by atomic mass is 10.1. The van der Waals surface area contributed by atoms with E-state index in [1.165, 1.54) is 18.3 Å². The lowest BCUT2D eigenvalue weighted by molar-refractivity contribution is -0.119. The highest BCUT2D eigenvalue weighted by molar-refractivity contribution is 7.14. The molecule has 1 aliphatic rings. The molecule has 1 aliphatic heterocycles. The Labute approximate surface area is 184 Å². The van der Waals surface area contributed by atoms with Gasteiger partial charge in [0.25, 0.3) is 0 Å². The molecule has 0 aliphatic carbocycles. The van der Waals surface area contributed by atoms with Crippen LogP contribution in [0.5, 0.6) is 11.5 Å². The SMILES string of the molecule is CC(=O)NCc1ccc(-c2csc(NC(=O)CCc3ccc4c(c3)OCCO4)n2)cc1. The Balaban J connectivity index is 1.30. The molecule has 0 saturated heterocycles. The van der Waals surface area contributed by atoms with Crippen molar-refractivity contribution in [3.63, 3.8) is 0 Å². The highest BCUT2D eigenvalue weighted by Gasteiger charge is 2.13. The van der Waals surface area contributed by atoms with Crippen molar-refractivity contribution in [2.75, 3.05) is 18.5 Å². The second kappa shape index (κ2) is 9.61. The van der Waals surface area contributed by atoms with Crippen LogP contribution in [0.1, 0.15) is 24.5 Å². The second-order valence-electron chi connectivity index (χ2n) is 7.17. The highest BCUT2D eigenvalue weighted by atomic mass is 32.1. The summed E-state index contributed by atoms with van der Waals surface area (Å²) < 4.78 is 11.1. The minimum atomic E-state index is -0.0820. The number of hydrogen-bond acceptors (Lipinski definition) is 6. The summed E-state index contributed by atoms with van der Waals surface area (Å²) in [6.07, 6.45) is 0.961. The molecule has 0 radical (unpaired) electrons. The molecule has 0 atom stereocenters. The van der Waals surface area contributed by atoms with E-state index in [2.05, 4.69) is 15.6 Å². The van der Waals surface area contributed by atoms with Crippen LogP contribution < -0.4 is 20.1 Å². The number of aromatic nitrogens is 1. The predicted molar refractivity (Wildman–Crippen MR) is 119 cm³/mol. The van der Waals surface area contributed by atoms with E-state index >= 15 is 0 Å². The number of rotatable bonds is 7. The van der Waals surface area contributed by atoms with Gasteiger partial charge in [-0.05, 0) is 29.7 Å². The molecule has 0 spiro atoms. The molecule has 2 N–H and O–H groups in total. The van der Waals surface area contributed by atoms with Crippen LogP contribution in [-0.4, -0.2) is 30.0 Å². The number of nitrogens with zero attached hydrogens (tertiary/aromatic N) is 1. The molecule has 2 heterocycles. The number of carbonyl (C=O) groups is 2. The molecule has 0 saturated carbocycles. The van der Waals surface area contributed by atoms with Gasteiger partial charge in [-0.1, -0.05) is 30.3 Å². The van der Waals surface area contributed by atoms with Gasteiger partial charge in [-0.15, -0.1) is 11.3 Å². The largest absolute Gasteiger partial charge is 0.486 e. The summed E-state index contributed by atoms with van der Waals surface area (Å²) in [7, 11) is 0. The first-order valence-corrected chi connectivity index (χ1v) is 10.9. The molecular weight excluding hydrogens is 414 g/mol. The van der Waals surface area contributed by atoms with Crippen molar-refractivity contribution >= 4 is 28.3 Å². The summed E-state index contributed by atoms with van der Waals surface area (Å²) in [5, 5.41) is 8.14. The maximum Gasteiger partial charge on any atom is 0.226 e. The number of anilines is 1. The molecule has 0 fully saturated rings. The molecule has 7 nitrogen and oxygen atoms in total. The lowest BCUT2D eigenvalue weighted by Gasteiger charge is -2.18. The molecule has 8 heteroatoms. The Kier molecular flexibility index (Phi) is 6.47. The Morgan fingerprint density at radius 1 is 1.03 bits per heavy atom. The zero-order valence-corrected chi connectivity index (χ0v) is 18.0. The Hall–Kier alpha value is -3.39. The summed E-state index contributed by atoms with van der Waals surface area (Å²) in [4.78, 5) is 27.9. The van der Waals surface area contributed by atoms with E-state index in [-0.39, 0.29) is 11.8 Å². The van der Waals surface area contributed by atoms with Gasteiger partial charge in [-0.25, -0.2) is 4.98 Å². The quantitative estimate of drug-likeness (QED) is 0.587. The van der Waals surface area contributed by atoms with Crippen LogP contribution in [0.4, 0.5) is 5.13 Å². The summed E-state index contributed by atoms with van der Waals surface area (Å²) in [6.45, 7) is 3.10. The molecule has 2 aromatic carbocycles. The van der Waals surface area contributed by atoms with Crippen molar-refractivity contribution in [3.05, 3.63) is 59.0 Å². The lowest BCUT2D eigenvalue weighted by Crippen LogP contribution is -2.18. The smallest absolute Gasteiger partial charge is 0.226 e. The van der Waals surface area contributed by atoms with Crippen LogP contribution >= 0.6 is 11.3 Å². The Bertz CT molecular complexity index is 1080. The van der Waals surface area contributed by atoms with Gasteiger partial charge in [0.2, 0.25) is 11.8 Å². The second-order valence-corrected chi connectivity index (χ2v) is 8.03. The number of benzene rings is 2. The minimum absolute atomic E-state index is 0.0575. The number of fused-ring (bicyclic) bond motifs is 1. The molecule has 3 aromatic rings. The van der Waals surface area contributed by atoms with Crippen molar-refractivity contribution in [2.45, 2.75) is 26.3 Å². The van der Waals surface area contributed by atoms with E-state index in [9.17, 15) is 9.59 Å². The van der Waals surface area contributed by atoms with Gasteiger partial charge >= 0.3 is 0 Å². The first kappa shape index (κ1) is 20.9. The van der Waals surface area contributed by atoms with Gasteiger partial charge in [0.05, 0.1) is 5.69 Å². The van der Waals surface area contributed by atoms with Crippen LogP contribution in [0.2, 0.25) is 0 Å². The van der Waals surface area contributed by atoms with Crippen molar-refractivity contribution in [1.29, 1.82) is 0 Å². The number of hydrogen-bond donors (Lipinski definition) is 2. The molecule has 160 valence electrons. The van der Waals surface area contributed by atoms with Crippen molar-refractivity contribution in [2.24, 2.45) is 0 Å². The summed E-state index contributed by atoms with van der Waals surface area (Å²) in [6, 6.07) is 13.6. The zero-order chi connectivity index (χ0) is 21.6. The predicted octanol–water partition coefficient (Wildman–Crippen LogP) is 3.79. The summed E-state index contributed by atoms with van der Waals surface area (Å²) in [5.74, 6) is 1.34. The van der Waals surface area contributed by atoms with E-state index in [1.54, 1.807) is 0 Å². The standard InChI is InChI=1S/C23H23N3O4S/c1-15(27)24-13-17-2-6-18(7-3-17)19-14-31-23(25-19)26-22(28)9-5-16-4-8-20-21(12-16)30-11-10-29-20/h2-4,6-8,12,14H,5,9-11,13H2,1H3,(H,24,27)(H,25,26,28). The number of carbonyl (C=O) groups excluding carboxylic acids is 2. The Morgan fingerprint density at radius 3 is 2.55 bits per heavy atom. The monoisotopic (exact) mass is 437 g/mol. The van der Waals surface area contributed by atoms with Crippen molar-refractivity contribution < 1.29 is 19.1 Å². The van der Waals surface area contributed by atoms with Crippen molar-refractivity contribution in [1.82, 2.24) is 10.3 Å². The van der Waals surface area contributed by atoms with Gasteiger partial charge in [-0.2, -0.15) is 0 Å². The third-order valence-corrected chi connectivity index (χ3v) is 5.55. The Morgan fingerprint density at radius 2 is 1.77 bits per heavy atom. The average Bonchev–Trinajstić information content (AvgIpc) is 3.25. The van der Waals surface area contributed by atoms with Crippen LogP contribution in [0.25, 0.3) is 11.3 Å². The van der Waals surface area contributed by atoms with Crippen LogP contribution in [0.15, 0.2) is 47.8 Å². The highest BCUT2D eigenvalue weighted by Crippen LogP contribution is 2.31. The minimum Gasteiger partial charge on any atom is -0.486 e. The topological polar surface area (TPSA) is 89.6 Å². The number of amides is 2. The molecule has 4 rings (SSSR count). The van der Waals surface area contributed by atoms with E-state index in [0.717, 1.165) is 33.9 Å². The molecule has 0 unspecified atom stereocenters. The first-order valence-electron chi connectivity index (χ1n) is 10.0. The van der Waals surface area contributed by atoms with Crippen LogP contribution in [0, 0.1) is 0 Å².